The molecule has 0 aliphatic carbocycles. The molecule has 0 atom stereocenters. The number of hydrogen-bond donors (Lipinski definition) is 1. The van der Waals surface area contributed by atoms with Gasteiger partial charge in [0.15, 0.2) is 0 Å². The largest absolute Gasteiger partial charge is 0.370 e. The number of sulfonamides is 1. The van der Waals surface area contributed by atoms with Crippen LogP contribution in [0.1, 0.15) is 5.56 Å². The zero-order valence-electron chi connectivity index (χ0n) is 17.3. The first-order chi connectivity index (χ1) is 14.5. The molecule has 9 heteroatoms. The number of hydrogen-bond acceptors (Lipinski definition) is 7. The molecule has 0 bridgehead atoms. The summed E-state index contributed by atoms with van der Waals surface area (Å²) in [6, 6.07) is 12.0. The Balaban J connectivity index is 1.33. The van der Waals surface area contributed by atoms with Crippen molar-refractivity contribution >= 4 is 33.3 Å². The van der Waals surface area contributed by atoms with Crippen LogP contribution in [0.4, 0.5) is 11.5 Å². The minimum absolute atomic E-state index is 0.252. The van der Waals surface area contributed by atoms with Crippen molar-refractivity contribution in [1.29, 1.82) is 0 Å². The third-order valence-electron chi connectivity index (χ3n) is 5.62. The lowest BCUT2D eigenvalue weighted by Crippen LogP contribution is -2.47. The number of thioether (sulfide) groups is 1. The molecule has 7 nitrogen and oxygen atoms in total. The third kappa shape index (κ3) is 5.08. The van der Waals surface area contributed by atoms with Crippen LogP contribution in [0.15, 0.2) is 47.5 Å². The second-order valence-corrected chi connectivity index (χ2v) is 10.9. The Kier molecular flexibility index (Phi) is 6.82. The van der Waals surface area contributed by atoms with Crippen LogP contribution in [-0.4, -0.2) is 80.4 Å². The molecule has 2 aliphatic rings. The van der Waals surface area contributed by atoms with Crippen molar-refractivity contribution in [3.8, 4) is 0 Å². The van der Waals surface area contributed by atoms with E-state index in [9.17, 15) is 8.42 Å². The molecule has 0 saturated carbocycles. The molecule has 162 valence electrons. The summed E-state index contributed by atoms with van der Waals surface area (Å²) < 4.78 is 27.1. The van der Waals surface area contributed by atoms with E-state index in [1.165, 1.54) is 29.0 Å². The maximum Gasteiger partial charge on any atom is 0.244 e. The second-order valence-electron chi connectivity index (χ2n) is 7.71. The van der Waals surface area contributed by atoms with Gasteiger partial charge in [-0.15, -0.1) is 0 Å². The lowest BCUT2D eigenvalue weighted by Gasteiger charge is -2.31. The fourth-order valence-corrected chi connectivity index (χ4v) is 5.92. The molecule has 0 unspecified atom stereocenters. The highest BCUT2D eigenvalue weighted by Crippen LogP contribution is 2.21. The first-order valence-corrected chi connectivity index (χ1v) is 12.9. The maximum atomic E-state index is 12.8. The summed E-state index contributed by atoms with van der Waals surface area (Å²) in [5.41, 5.74) is 2.44. The number of rotatable bonds is 6. The average molecular weight is 448 g/mol. The fraction of sp³-hybridized carbons (Fsp3) is 0.476. The van der Waals surface area contributed by atoms with E-state index in [-0.39, 0.29) is 4.90 Å². The van der Waals surface area contributed by atoms with Gasteiger partial charge in [0.05, 0.1) is 0 Å². The summed E-state index contributed by atoms with van der Waals surface area (Å²) in [6.07, 6.45) is 1.45. The van der Waals surface area contributed by atoms with Gasteiger partial charge in [-0.2, -0.15) is 16.1 Å². The van der Waals surface area contributed by atoms with Crippen LogP contribution in [0.2, 0.25) is 0 Å². The Morgan fingerprint density at radius 3 is 2.30 bits per heavy atom. The molecule has 2 fully saturated rings. The molecule has 0 radical (unpaired) electrons. The summed E-state index contributed by atoms with van der Waals surface area (Å²) in [5.74, 6) is 3.05. The molecule has 4 rings (SSSR count). The van der Waals surface area contributed by atoms with Crippen LogP contribution < -0.4 is 10.2 Å². The normalized spacial score (nSPS) is 19.0. The standard InChI is InChI=1S/C21H29N5O2S2/c1-24-8-10-26(11-9-24)30(27,28)20-6-7-21(23-17-20)22-16-18-2-4-19(5-3-18)25-12-14-29-15-13-25/h2-7,17H,8-16H2,1H3,(H,22,23). The van der Waals surface area contributed by atoms with Gasteiger partial charge in [0.1, 0.15) is 10.7 Å². The number of nitrogens with one attached hydrogen (secondary N) is 1. The zero-order valence-corrected chi connectivity index (χ0v) is 19.0. The molecule has 0 amide bonds. The van der Waals surface area contributed by atoms with Crippen molar-refractivity contribution in [1.82, 2.24) is 14.2 Å². The van der Waals surface area contributed by atoms with Gasteiger partial charge >= 0.3 is 0 Å². The van der Waals surface area contributed by atoms with Gasteiger partial charge in [-0.05, 0) is 36.9 Å². The molecule has 1 aromatic carbocycles. The van der Waals surface area contributed by atoms with Crippen LogP contribution >= 0.6 is 11.8 Å². The van der Waals surface area contributed by atoms with Crippen molar-refractivity contribution in [3.05, 3.63) is 48.2 Å². The van der Waals surface area contributed by atoms with Gasteiger partial charge in [0.25, 0.3) is 0 Å². The van der Waals surface area contributed by atoms with Crippen LogP contribution in [0.25, 0.3) is 0 Å². The number of aromatic nitrogens is 1. The lowest BCUT2D eigenvalue weighted by atomic mass is 10.2. The minimum atomic E-state index is -3.47. The third-order valence-corrected chi connectivity index (χ3v) is 8.45. The summed E-state index contributed by atoms with van der Waals surface area (Å²) in [5, 5.41) is 3.28. The molecular formula is C21H29N5O2S2. The molecule has 0 spiro atoms. The van der Waals surface area contributed by atoms with E-state index in [1.807, 2.05) is 18.8 Å². The van der Waals surface area contributed by atoms with Gasteiger partial charge in [-0.1, -0.05) is 12.1 Å². The van der Waals surface area contributed by atoms with E-state index >= 15 is 0 Å². The highest BCUT2D eigenvalue weighted by molar-refractivity contribution is 7.99. The van der Waals surface area contributed by atoms with Crippen molar-refractivity contribution in [2.75, 3.05) is 68.0 Å². The quantitative estimate of drug-likeness (QED) is 0.728. The van der Waals surface area contributed by atoms with Gasteiger partial charge in [0.2, 0.25) is 10.0 Å². The van der Waals surface area contributed by atoms with Crippen molar-refractivity contribution < 1.29 is 8.42 Å². The van der Waals surface area contributed by atoms with Crippen molar-refractivity contribution in [2.45, 2.75) is 11.4 Å². The van der Waals surface area contributed by atoms with E-state index < -0.39 is 10.0 Å². The highest BCUT2D eigenvalue weighted by Gasteiger charge is 2.27. The molecular weight excluding hydrogens is 418 g/mol. The Hall–Kier alpha value is -1.81. The SMILES string of the molecule is CN1CCN(S(=O)(=O)c2ccc(NCc3ccc(N4CCSCC4)cc3)nc2)CC1. The predicted molar refractivity (Wildman–Crippen MR) is 124 cm³/mol. The van der Waals surface area contributed by atoms with Crippen LogP contribution in [0.5, 0.6) is 0 Å². The number of likely N-dealkylation sites (N-methyl/N-ethyl adjacent to an activating group) is 1. The number of pyridine rings is 1. The summed E-state index contributed by atoms with van der Waals surface area (Å²) in [4.78, 5) is 9.13. The van der Waals surface area contributed by atoms with E-state index in [2.05, 4.69) is 44.4 Å². The Labute approximate surface area is 183 Å². The molecule has 2 aromatic rings. The van der Waals surface area contributed by atoms with Crippen molar-refractivity contribution in [2.24, 2.45) is 0 Å². The smallest absolute Gasteiger partial charge is 0.244 e. The van der Waals surface area contributed by atoms with E-state index in [1.54, 1.807) is 16.4 Å². The molecule has 3 heterocycles. The summed E-state index contributed by atoms with van der Waals surface area (Å²) in [7, 11) is -1.47. The molecule has 2 saturated heterocycles. The highest BCUT2D eigenvalue weighted by atomic mass is 32.2. The number of nitrogens with zero attached hydrogens (tertiary/aromatic N) is 4. The van der Waals surface area contributed by atoms with E-state index in [4.69, 9.17) is 0 Å². The van der Waals surface area contributed by atoms with E-state index in [0.29, 0.717) is 25.5 Å². The molecule has 2 aliphatic heterocycles. The van der Waals surface area contributed by atoms with Gasteiger partial charge in [-0.25, -0.2) is 13.4 Å². The van der Waals surface area contributed by atoms with Gasteiger partial charge < -0.3 is 15.1 Å². The summed E-state index contributed by atoms with van der Waals surface area (Å²) in [6.45, 7) is 5.40. The monoisotopic (exact) mass is 447 g/mol. The molecule has 1 aromatic heterocycles. The fourth-order valence-electron chi connectivity index (χ4n) is 3.65. The first kappa shape index (κ1) is 21.4. The molecule has 1 N–H and O–H groups in total. The Morgan fingerprint density at radius 1 is 0.967 bits per heavy atom. The molecule has 30 heavy (non-hydrogen) atoms. The van der Waals surface area contributed by atoms with Crippen LogP contribution in [-0.2, 0) is 16.6 Å². The average Bonchev–Trinajstić information content (AvgIpc) is 2.79. The summed E-state index contributed by atoms with van der Waals surface area (Å²) >= 11 is 2.01. The van der Waals surface area contributed by atoms with E-state index in [0.717, 1.165) is 26.2 Å². The maximum absolute atomic E-state index is 12.8. The second kappa shape index (κ2) is 9.55. The topological polar surface area (TPSA) is 68.8 Å². The zero-order chi connectivity index (χ0) is 21.0. The van der Waals surface area contributed by atoms with Crippen LogP contribution in [0, 0.1) is 0 Å². The van der Waals surface area contributed by atoms with Gasteiger partial charge in [-0.3, -0.25) is 0 Å². The Morgan fingerprint density at radius 2 is 1.67 bits per heavy atom. The Bertz CT molecular complexity index is 921. The first-order valence-electron chi connectivity index (χ1n) is 10.3. The van der Waals surface area contributed by atoms with Crippen molar-refractivity contribution in [3.63, 3.8) is 0 Å². The van der Waals surface area contributed by atoms with Gasteiger partial charge in [0, 0.05) is 69.2 Å². The van der Waals surface area contributed by atoms with Crippen LogP contribution in [0.3, 0.4) is 0 Å². The number of anilines is 2. The minimum Gasteiger partial charge on any atom is -0.370 e. The lowest BCUT2D eigenvalue weighted by molar-refractivity contribution is 0.222. The number of piperazine rings is 1. The number of benzene rings is 1. The predicted octanol–water partition coefficient (Wildman–Crippen LogP) is 2.18.